The van der Waals surface area contributed by atoms with Crippen LogP contribution in [0.4, 0.5) is 4.79 Å². The van der Waals surface area contributed by atoms with Crippen molar-refractivity contribution in [2.75, 3.05) is 34.5 Å². The molecule has 30 heavy (non-hydrogen) atoms. The molecule has 0 aliphatic carbocycles. The zero-order valence-corrected chi connectivity index (χ0v) is 17.2. The van der Waals surface area contributed by atoms with Crippen molar-refractivity contribution in [1.29, 1.82) is 0 Å². The van der Waals surface area contributed by atoms with Gasteiger partial charge < -0.3 is 24.1 Å². The van der Waals surface area contributed by atoms with Crippen LogP contribution in [0.2, 0.25) is 0 Å². The molecule has 0 unspecified atom stereocenters. The highest BCUT2D eigenvalue weighted by molar-refractivity contribution is 5.97. The number of aliphatic hydroxyl groups is 1. The van der Waals surface area contributed by atoms with Gasteiger partial charge in [0.05, 0.1) is 39.9 Å². The fourth-order valence-electron chi connectivity index (χ4n) is 3.56. The highest BCUT2D eigenvalue weighted by Crippen LogP contribution is 2.40. The molecule has 1 fully saturated rings. The third kappa shape index (κ3) is 4.18. The van der Waals surface area contributed by atoms with Crippen molar-refractivity contribution in [3.63, 3.8) is 0 Å². The molecule has 1 N–H and O–H groups in total. The molecule has 1 saturated heterocycles. The van der Waals surface area contributed by atoms with Crippen molar-refractivity contribution in [2.45, 2.75) is 18.4 Å². The Morgan fingerprint density at radius 1 is 1.13 bits per heavy atom. The molecular formula is C22H25NO7. The minimum atomic E-state index is -0.998. The summed E-state index contributed by atoms with van der Waals surface area (Å²) in [4.78, 5) is 26.7. The smallest absolute Gasteiger partial charge is 0.417 e. The van der Waals surface area contributed by atoms with Gasteiger partial charge in [0.2, 0.25) is 11.7 Å². The van der Waals surface area contributed by atoms with Crippen LogP contribution < -0.4 is 14.2 Å². The Bertz CT molecular complexity index is 875. The van der Waals surface area contributed by atoms with E-state index in [0.717, 1.165) is 10.5 Å². The van der Waals surface area contributed by atoms with E-state index < -0.39 is 30.6 Å². The summed E-state index contributed by atoms with van der Waals surface area (Å²) in [6.07, 6.45) is -0.252. The zero-order chi connectivity index (χ0) is 21.7. The lowest BCUT2D eigenvalue weighted by Crippen LogP contribution is -2.43. The standard InChI is InChI=1S/C22H25NO7/c1-27-18-10-15(11-19(28-2)20(18)29-3)17(12-24)21(25)23-16(13-30-22(23)26)9-14-7-5-4-6-8-14/h4-8,10-11,16-17,24H,9,12-13H2,1-3H3/t16-,17-/m0/s1. The van der Waals surface area contributed by atoms with Crippen LogP contribution in [0.1, 0.15) is 17.0 Å². The Balaban J connectivity index is 1.92. The van der Waals surface area contributed by atoms with Crippen LogP contribution in [0.3, 0.4) is 0 Å². The molecule has 8 nitrogen and oxygen atoms in total. The van der Waals surface area contributed by atoms with E-state index in [2.05, 4.69) is 0 Å². The second-order valence-corrected chi connectivity index (χ2v) is 6.82. The number of amides is 2. The molecule has 2 atom stereocenters. The number of rotatable bonds is 8. The van der Waals surface area contributed by atoms with E-state index in [0.29, 0.717) is 29.2 Å². The van der Waals surface area contributed by atoms with Gasteiger partial charge in [0, 0.05) is 0 Å². The molecule has 160 valence electrons. The number of hydrogen-bond donors (Lipinski definition) is 1. The lowest BCUT2D eigenvalue weighted by molar-refractivity contribution is -0.131. The fraction of sp³-hybridized carbons (Fsp3) is 0.364. The zero-order valence-electron chi connectivity index (χ0n) is 17.2. The molecule has 0 aromatic heterocycles. The number of methoxy groups -OCH3 is 3. The monoisotopic (exact) mass is 415 g/mol. The van der Waals surface area contributed by atoms with Gasteiger partial charge in [-0.3, -0.25) is 4.79 Å². The summed E-state index contributed by atoms with van der Waals surface area (Å²) < 4.78 is 21.1. The molecule has 1 aliphatic rings. The van der Waals surface area contributed by atoms with Crippen molar-refractivity contribution in [2.24, 2.45) is 0 Å². The van der Waals surface area contributed by atoms with Gasteiger partial charge in [0.1, 0.15) is 6.61 Å². The van der Waals surface area contributed by atoms with E-state index >= 15 is 0 Å². The lowest BCUT2D eigenvalue weighted by atomic mass is 9.96. The highest BCUT2D eigenvalue weighted by Gasteiger charge is 2.41. The molecule has 0 saturated carbocycles. The van der Waals surface area contributed by atoms with E-state index in [1.54, 1.807) is 12.1 Å². The number of ether oxygens (including phenoxy) is 4. The number of imide groups is 1. The first kappa shape index (κ1) is 21.4. The minimum Gasteiger partial charge on any atom is -0.493 e. The molecule has 2 aromatic carbocycles. The Labute approximate surface area is 174 Å². The largest absolute Gasteiger partial charge is 0.493 e. The van der Waals surface area contributed by atoms with Gasteiger partial charge in [-0.15, -0.1) is 0 Å². The average molecular weight is 415 g/mol. The number of hydrogen-bond acceptors (Lipinski definition) is 7. The lowest BCUT2D eigenvalue weighted by Gasteiger charge is -2.25. The summed E-state index contributed by atoms with van der Waals surface area (Å²) in [5.74, 6) is -0.473. The summed E-state index contributed by atoms with van der Waals surface area (Å²) in [6, 6.07) is 12.3. The second kappa shape index (κ2) is 9.49. The maximum atomic E-state index is 13.3. The number of carbonyl (C=O) groups is 2. The van der Waals surface area contributed by atoms with Gasteiger partial charge in [-0.25, -0.2) is 9.69 Å². The number of nitrogens with zero attached hydrogens (tertiary/aromatic N) is 1. The van der Waals surface area contributed by atoms with Crippen LogP contribution in [-0.2, 0) is 16.0 Å². The summed E-state index contributed by atoms with van der Waals surface area (Å²) in [7, 11) is 4.40. The Kier molecular flexibility index (Phi) is 6.79. The van der Waals surface area contributed by atoms with Crippen molar-refractivity contribution in [1.82, 2.24) is 4.90 Å². The summed E-state index contributed by atoms with van der Waals surface area (Å²) in [6.45, 7) is -0.397. The number of aliphatic hydroxyl groups excluding tert-OH is 1. The Morgan fingerprint density at radius 2 is 1.77 bits per heavy atom. The number of cyclic esters (lactones) is 1. The Morgan fingerprint density at radius 3 is 2.30 bits per heavy atom. The average Bonchev–Trinajstić information content (AvgIpc) is 3.13. The maximum absolute atomic E-state index is 13.3. The predicted molar refractivity (Wildman–Crippen MR) is 108 cm³/mol. The molecule has 1 heterocycles. The summed E-state index contributed by atoms with van der Waals surface area (Å²) >= 11 is 0. The number of carbonyl (C=O) groups excluding carboxylic acids is 2. The minimum absolute atomic E-state index is 0.104. The van der Waals surface area contributed by atoms with Gasteiger partial charge in [0.15, 0.2) is 11.5 Å². The van der Waals surface area contributed by atoms with Crippen molar-refractivity contribution >= 4 is 12.0 Å². The first-order valence-corrected chi connectivity index (χ1v) is 9.48. The third-order valence-electron chi connectivity index (χ3n) is 5.08. The SMILES string of the molecule is COc1cc([C@H](CO)C(=O)N2C(=O)OC[C@@H]2Cc2ccccc2)cc(OC)c1OC. The van der Waals surface area contributed by atoms with Gasteiger partial charge >= 0.3 is 6.09 Å². The van der Waals surface area contributed by atoms with E-state index in [1.807, 2.05) is 30.3 Å². The third-order valence-corrected chi connectivity index (χ3v) is 5.08. The van der Waals surface area contributed by atoms with Crippen molar-refractivity contribution in [3.05, 3.63) is 53.6 Å². The molecule has 0 spiro atoms. The topological polar surface area (TPSA) is 94.5 Å². The first-order chi connectivity index (χ1) is 14.5. The molecule has 1 aliphatic heterocycles. The molecule has 2 aromatic rings. The van der Waals surface area contributed by atoms with E-state index in [4.69, 9.17) is 18.9 Å². The Hall–Kier alpha value is -3.26. The molecular weight excluding hydrogens is 390 g/mol. The quantitative estimate of drug-likeness (QED) is 0.707. The predicted octanol–water partition coefficient (Wildman–Crippen LogP) is 2.38. The molecule has 0 bridgehead atoms. The number of benzene rings is 2. The molecule has 3 rings (SSSR count). The van der Waals surface area contributed by atoms with E-state index in [9.17, 15) is 14.7 Å². The molecule has 8 heteroatoms. The summed E-state index contributed by atoms with van der Waals surface area (Å²) in [5, 5.41) is 10.0. The van der Waals surface area contributed by atoms with Gasteiger partial charge in [-0.05, 0) is 29.7 Å². The van der Waals surface area contributed by atoms with Crippen LogP contribution in [0, 0.1) is 0 Å². The van der Waals surface area contributed by atoms with Crippen LogP contribution in [0.5, 0.6) is 17.2 Å². The van der Waals surface area contributed by atoms with E-state index in [1.165, 1.54) is 21.3 Å². The highest BCUT2D eigenvalue weighted by atomic mass is 16.6. The van der Waals surface area contributed by atoms with Crippen LogP contribution >= 0.6 is 0 Å². The maximum Gasteiger partial charge on any atom is 0.417 e. The van der Waals surface area contributed by atoms with Crippen LogP contribution in [-0.4, -0.2) is 62.6 Å². The molecule has 0 radical (unpaired) electrons. The second-order valence-electron chi connectivity index (χ2n) is 6.82. The van der Waals surface area contributed by atoms with Crippen LogP contribution in [0.25, 0.3) is 0 Å². The molecule has 2 amide bonds. The van der Waals surface area contributed by atoms with Gasteiger partial charge in [-0.2, -0.15) is 0 Å². The van der Waals surface area contributed by atoms with E-state index in [-0.39, 0.29) is 6.61 Å². The van der Waals surface area contributed by atoms with Gasteiger partial charge in [0.25, 0.3) is 0 Å². The summed E-state index contributed by atoms with van der Waals surface area (Å²) in [5.41, 5.74) is 1.42. The van der Waals surface area contributed by atoms with Crippen molar-refractivity contribution < 1.29 is 33.6 Å². The van der Waals surface area contributed by atoms with Gasteiger partial charge in [-0.1, -0.05) is 30.3 Å². The fourth-order valence-corrected chi connectivity index (χ4v) is 3.56. The van der Waals surface area contributed by atoms with Crippen molar-refractivity contribution in [3.8, 4) is 17.2 Å². The first-order valence-electron chi connectivity index (χ1n) is 9.48. The normalized spacial score (nSPS) is 16.7. The van der Waals surface area contributed by atoms with Crippen LogP contribution in [0.15, 0.2) is 42.5 Å².